The van der Waals surface area contributed by atoms with E-state index in [0.717, 1.165) is 27.5 Å². The summed E-state index contributed by atoms with van der Waals surface area (Å²) < 4.78 is 1.75. The van der Waals surface area contributed by atoms with Crippen LogP contribution in [0.5, 0.6) is 0 Å². The van der Waals surface area contributed by atoms with E-state index in [-0.39, 0.29) is 0 Å². The Morgan fingerprint density at radius 3 is 2.33 bits per heavy atom. The normalized spacial score (nSPS) is 11.3. The third-order valence-electron chi connectivity index (χ3n) is 3.03. The highest BCUT2D eigenvalue weighted by atomic mass is 35.5. The van der Waals surface area contributed by atoms with Crippen LogP contribution in [0.1, 0.15) is 36.6 Å². The zero-order valence-electron chi connectivity index (χ0n) is 11.0. The standard InChI is InChI=1S/C14H16Cl2N2/c1-8(2)13-10(4)17-18(14(13)16)11-6-5-9(3)12(15)7-11/h5-8H,1-4H3. The van der Waals surface area contributed by atoms with Gasteiger partial charge in [-0.1, -0.05) is 43.1 Å². The summed E-state index contributed by atoms with van der Waals surface area (Å²) in [5, 5.41) is 5.89. The molecule has 0 fully saturated rings. The second-order valence-corrected chi connectivity index (χ2v) is 5.56. The Kier molecular flexibility index (Phi) is 3.69. The lowest BCUT2D eigenvalue weighted by molar-refractivity contribution is 0.857. The molecule has 0 spiro atoms. The summed E-state index contributed by atoms with van der Waals surface area (Å²) in [5.74, 6) is 0.354. The zero-order valence-corrected chi connectivity index (χ0v) is 12.5. The van der Waals surface area contributed by atoms with Crippen molar-refractivity contribution < 1.29 is 0 Å². The smallest absolute Gasteiger partial charge is 0.136 e. The van der Waals surface area contributed by atoms with Crippen molar-refractivity contribution in [3.8, 4) is 5.69 Å². The third kappa shape index (κ3) is 2.27. The third-order valence-corrected chi connectivity index (χ3v) is 3.80. The predicted molar refractivity (Wildman–Crippen MR) is 77.1 cm³/mol. The Bertz CT molecular complexity index is 586. The summed E-state index contributed by atoms with van der Waals surface area (Å²) in [6.45, 7) is 8.18. The number of halogens is 2. The van der Waals surface area contributed by atoms with Gasteiger partial charge in [-0.05, 0) is 37.5 Å². The number of rotatable bonds is 2. The molecule has 0 bridgehead atoms. The van der Waals surface area contributed by atoms with Gasteiger partial charge in [0.2, 0.25) is 0 Å². The summed E-state index contributed by atoms with van der Waals surface area (Å²) in [5.41, 5.74) is 4.00. The van der Waals surface area contributed by atoms with Crippen LogP contribution in [0.2, 0.25) is 10.2 Å². The Balaban J connectivity index is 2.58. The second-order valence-electron chi connectivity index (χ2n) is 4.79. The van der Waals surface area contributed by atoms with Crippen LogP contribution in [0.4, 0.5) is 0 Å². The number of hydrogen-bond acceptors (Lipinski definition) is 1. The van der Waals surface area contributed by atoms with Gasteiger partial charge in [0.05, 0.1) is 11.4 Å². The minimum atomic E-state index is 0.354. The van der Waals surface area contributed by atoms with E-state index in [9.17, 15) is 0 Å². The number of nitrogens with zero attached hydrogens (tertiary/aromatic N) is 2. The molecule has 96 valence electrons. The Hall–Kier alpha value is -0.990. The van der Waals surface area contributed by atoms with Gasteiger partial charge in [-0.15, -0.1) is 0 Å². The first-order chi connectivity index (χ1) is 8.41. The van der Waals surface area contributed by atoms with Crippen LogP contribution >= 0.6 is 23.2 Å². The molecule has 0 radical (unpaired) electrons. The predicted octanol–water partition coefficient (Wildman–Crippen LogP) is 4.92. The molecule has 1 aromatic heterocycles. The summed E-state index contributed by atoms with van der Waals surface area (Å²) in [6, 6.07) is 5.84. The van der Waals surface area contributed by atoms with Crippen LogP contribution in [0, 0.1) is 13.8 Å². The van der Waals surface area contributed by atoms with Gasteiger partial charge in [-0.3, -0.25) is 0 Å². The Labute approximate surface area is 118 Å². The van der Waals surface area contributed by atoms with Crippen molar-refractivity contribution in [3.63, 3.8) is 0 Å². The van der Waals surface area contributed by atoms with E-state index in [1.54, 1.807) is 4.68 Å². The molecule has 18 heavy (non-hydrogen) atoms. The van der Waals surface area contributed by atoms with E-state index in [1.807, 2.05) is 32.0 Å². The molecule has 0 unspecified atom stereocenters. The number of aryl methyl sites for hydroxylation is 2. The summed E-state index contributed by atoms with van der Waals surface area (Å²) >= 11 is 12.5. The average Bonchev–Trinajstić information content (AvgIpc) is 2.58. The first-order valence-corrected chi connectivity index (χ1v) is 6.69. The highest BCUT2D eigenvalue weighted by Gasteiger charge is 2.17. The lowest BCUT2D eigenvalue weighted by atomic mass is 10.1. The maximum Gasteiger partial charge on any atom is 0.136 e. The Morgan fingerprint density at radius 2 is 1.83 bits per heavy atom. The van der Waals surface area contributed by atoms with Crippen LogP contribution in [0.15, 0.2) is 18.2 Å². The topological polar surface area (TPSA) is 17.8 Å². The maximum atomic E-state index is 6.41. The van der Waals surface area contributed by atoms with E-state index in [2.05, 4.69) is 18.9 Å². The van der Waals surface area contributed by atoms with E-state index in [4.69, 9.17) is 23.2 Å². The van der Waals surface area contributed by atoms with Gasteiger partial charge in [0.15, 0.2) is 0 Å². The van der Waals surface area contributed by atoms with Crippen molar-refractivity contribution in [3.05, 3.63) is 45.2 Å². The van der Waals surface area contributed by atoms with Crippen molar-refractivity contribution >= 4 is 23.2 Å². The monoisotopic (exact) mass is 282 g/mol. The van der Waals surface area contributed by atoms with Gasteiger partial charge >= 0.3 is 0 Å². The second kappa shape index (κ2) is 4.94. The van der Waals surface area contributed by atoms with Crippen LogP contribution in [0.25, 0.3) is 5.69 Å². The number of benzene rings is 1. The SMILES string of the molecule is Cc1ccc(-n2nc(C)c(C(C)C)c2Cl)cc1Cl. The molecule has 2 rings (SSSR count). The lowest BCUT2D eigenvalue weighted by Gasteiger charge is -2.07. The molecular weight excluding hydrogens is 267 g/mol. The first-order valence-electron chi connectivity index (χ1n) is 5.93. The molecule has 0 aliphatic heterocycles. The van der Waals surface area contributed by atoms with Crippen molar-refractivity contribution in [1.29, 1.82) is 0 Å². The minimum Gasteiger partial charge on any atom is -0.222 e. The van der Waals surface area contributed by atoms with Crippen molar-refractivity contribution in [1.82, 2.24) is 9.78 Å². The van der Waals surface area contributed by atoms with Gasteiger partial charge in [-0.25, -0.2) is 4.68 Å². The molecule has 0 atom stereocenters. The van der Waals surface area contributed by atoms with Crippen molar-refractivity contribution in [2.24, 2.45) is 0 Å². The van der Waals surface area contributed by atoms with Crippen LogP contribution in [-0.4, -0.2) is 9.78 Å². The van der Waals surface area contributed by atoms with Crippen molar-refractivity contribution in [2.45, 2.75) is 33.6 Å². The van der Waals surface area contributed by atoms with E-state index >= 15 is 0 Å². The molecule has 0 N–H and O–H groups in total. The van der Waals surface area contributed by atoms with E-state index in [1.165, 1.54) is 0 Å². The zero-order chi connectivity index (χ0) is 13.4. The van der Waals surface area contributed by atoms with Gasteiger partial charge in [0.25, 0.3) is 0 Å². The lowest BCUT2D eigenvalue weighted by Crippen LogP contribution is -1.97. The fraction of sp³-hybridized carbons (Fsp3) is 0.357. The first kappa shape index (κ1) is 13.4. The largest absolute Gasteiger partial charge is 0.222 e. The summed E-state index contributed by atoms with van der Waals surface area (Å²) in [7, 11) is 0. The molecule has 2 aromatic rings. The molecule has 1 aromatic carbocycles. The molecule has 0 saturated carbocycles. The molecule has 1 heterocycles. The highest BCUT2D eigenvalue weighted by molar-refractivity contribution is 6.32. The molecule has 4 heteroatoms. The maximum absolute atomic E-state index is 6.41. The molecule has 0 aliphatic carbocycles. The van der Waals surface area contributed by atoms with Crippen molar-refractivity contribution in [2.75, 3.05) is 0 Å². The van der Waals surface area contributed by atoms with Gasteiger partial charge < -0.3 is 0 Å². The summed E-state index contributed by atoms with van der Waals surface area (Å²) in [6.07, 6.45) is 0. The summed E-state index contributed by atoms with van der Waals surface area (Å²) in [4.78, 5) is 0. The van der Waals surface area contributed by atoms with E-state index in [0.29, 0.717) is 11.1 Å². The molecular formula is C14H16Cl2N2. The van der Waals surface area contributed by atoms with E-state index < -0.39 is 0 Å². The Morgan fingerprint density at radius 1 is 1.17 bits per heavy atom. The number of aromatic nitrogens is 2. The van der Waals surface area contributed by atoms with Crippen LogP contribution in [-0.2, 0) is 0 Å². The van der Waals surface area contributed by atoms with Crippen LogP contribution in [0.3, 0.4) is 0 Å². The van der Waals surface area contributed by atoms with Gasteiger partial charge in [0, 0.05) is 10.6 Å². The molecule has 0 saturated heterocycles. The fourth-order valence-electron chi connectivity index (χ4n) is 2.05. The van der Waals surface area contributed by atoms with Crippen LogP contribution < -0.4 is 0 Å². The quantitative estimate of drug-likeness (QED) is 0.765. The number of hydrogen-bond donors (Lipinski definition) is 0. The molecule has 2 nitrogen and oxygen atoms in total. The average molecular weight is 283 g/mol. The fourth-order valence-corrected chi connectivity index (χ4v) is 2.72. The van der Waals surface area contributed by atoms with Gasteiger partial charge in [0.1, 0.15) is 5.15 Å². The molecule has 0 aliphatic rings. The van der Waals surface area contributed by atoms with Gasteiger partial charge in [-0.2, -0.15) is 5.10 Å². The minimum absolute atomic E-state index is 0.354. The highest BCUT2D eigenvalue weighted by Crippen LogP contribution is 2.30. The molecule has 0 amide bonds.